The zero-order chi connectivity index (χ0) is 13.1. The third kappa shape index (κ3) is 5.82. The molecule has 0 amide bonds. The summed E-state index contributed by atoms with van der Waals surface area (Å²) in [5, 5.41) is 13.3. The molecule has 17 heavy (non-hydrogen) atoms. The van der Waals surface area contributed by atoms with Gasteiger partial charge in [-0.05, 0) is 47.8 Å². The molecule has 0 spiro atoms. The molecule has 4 nitrogen and oxygen atoms in total. The summed E-state index contributed by atoms with van der Waals surface area (Å²) in [5.41, 5.74) is 0.0815. The molecule has 1 saturated heterocycles. The van der Waals surface area contributed by atoms with Gasteiger partial charge in [0.2, 0.25) is 0 Å². The number of hydrogen-bond donors (Lipinski definition) is 2. The number of aliphatic hydroxyl groups excluding tert-OH is 1. The molecule has 1 heterocycles. The number of likely N-dealkylation sites (tertiary alicyclic amines) is 1. The maximum absolute atomic E-state index is 9.98. The van der Waals surface area contributed by atoms with Crippen molar-refractivity contribution in [3.05, 3.63) is 0 Å². The van der Waals surface area contributed by atoms with Gasteiger partial charge >= 0.3 is 0 Å². The van der Waals surface area contributed by atoms with E-state index in [2.05, 4.69) is 50.0 Å². The molecule has 0 aromatic heterocycles. The molecule has 1 fully saturated rings. The summed E-state index contributed by atoms with van der Waals surface area (Å²) in [6.07, 6.45) is 0.946. The first-order chi connectivity index (χ1) is 7.78. The molecule has 2 atom stereocenters. The maximum Gasteiger partial charge on any atom is 0.0791 e. The number of β-amino-alcohol motifs (C(OH)–C–C–N with tert-alkyl or cyclic N) is 1. The van der Waals surface area contributed by atoms with E-state index in [1.807, 2.05) is 0 Å². The highest BCUT2D eigenvalue weighted by atomic mass is 16.3. The normalized spacial score (nSPS) is 24.5. The summed E-state index contributed by atoms with van der Waals surface area (Å²) >= 11 is 0. The third-order valence-corrected chi connectivity index (χ3v) is 3.31. The number of hydrogen-bond acceptors (Lipinski definition) is 4. The van der Waals surface area contributed by atoms with Crippen LogP contribution in [0.3, 0.4) is 0 Å². The Morgan fingerprint density at radius 1 is 1.41 bits per heavy atom. The topological polar surface area (TPSA) is 38.7 Å². The van der Waals surface area contributed by atoms with E-state index in [4.69, 9.17) is 0 Å². The molecular weight excluding hydrogens is 214 g/mol. The Labute approximate surface area is 106 Å². The van der Waals surface area contributed by atoms with Crippen LogP contribution < -0.4 is 5.32 Å². The van der Waals surface area contributed by atoms with Gasteiger partial charge in [0.25, 0.3) is 0 Å². The Balaban J connectivity index is 2.22. The minimum atomic E-state index is -0.268. The fourth-order valence-corrected chi connectivity index (χ4v) is 2.19. The van der Waals surface area contributed by atoms with Gasteiger partial charge in [-0.15, -0.1) is 0 Å². The van der Waals surface area contributed by atoms with Gasteiger partial charge in [0, 0.05) is 31.2 Å². The van der Waals surface area contributed by atoms with Crippen LogP contribution in [0.5, 0.6) is 0 Å². The van der Waals surface area contributed by atoms with Crippen LogP contribution in [0.15, 0.2) is 0 Å². The lowest BCUT2D eigenvalue weighted by Crippen LogP contribution is -2.44. The third-order valence-electron chi connectivity index (χ3n) is 3.31. The Hall–Kier alpha value is -0.160. The average Bonchev–Trinajstić information content (AvgIpc) is 2.62. The SMILES string of the molecule is CN(C)C1CCN(CC(O)CNC(C)(C)C)C1. The fourth-order valence-electron chi connectivity index (χ4n) is 2.19. The van der Waals surface area contributed by atoms with E-state index in [-0.39, 0.29) is 11.6 Å². The van der Waals surface area contributed by atoms with Crippen LogP contribution in [0.1, 0.15) is 27.2 Å². The van der Waals surface area contributed by atoms with Gasteiger partial charge in [-0.2, -0.15) is 0 Å². The van der Waals surface area contributed by atoms with Crippen molar-refractivity contribution in [2.24, 2.45) is 0 Å². The highest BCUT2D eigenvalue weighted by Gasteiger charge is 2.25. The van der Waals surface area contributed by atoms with E-state index in [0.29, 0.717) is 12.6 Å². The standard InChI is InChI=1S/C13H29N3O/c1-13(2,3)14-8-12(17)10-16-7-6-11(9-16)15(4)5/h11-12,14,17H,6-10H2,1-5H3. The van der Waals surface area contributed by atoms with E-state index in [1.54, 1.807) is 0 Å². The Kier molecular flexibility index (Phi) is 5.38. The number of likely N-dealkylation sites (N-methyl/N-ethyl adjacent to an activating group) is 1. The molecule has 102 valence electrons. The van der Waals surface area contributed by atoms with Crippen molar-refractivity contribution in [1.82, 2.24) is 15.1 Å². The molecule has 2 unspecified atom stereocenters. The van der Waals surface area contributed by atoms with E-state index < -0.39 is 0 Å². The van der Waals surface area contributed by atoms with Gasteiger partial charge < -0.3 is 15.3 Å². The highest BCUT2D eigenvalue weighted by molar-refractivity contribution is 4.83. The Morgan fingerprint density at radius 3 is 2.53 bits per heavy atom. The van der Waals surface area contributed by atoms with Crippen molar-refractivity contribution in [3.63, 3.8) is 0 Å². The van der Waals surface area contributed by atoms with E-state index in [0.717, 1.165) is 19.6 Å². The number of nitrogens with one attached hydrogen (secondary N) is 1. The molecule has 0 aromatic carbocycles. The van der Waals surface area contributed by atoms with Crippen molar-refractivity contribution >= 4 is 0 Å². The first-order valence-electron chi connectivity index (χ1n) is 6.60. The summed E-state index contributed by atoms with van der Waals surface area (Å²) < 4.78 is 0. The molecule has 4 heteroatoms. The minimum Gasteiger partial charge on any atom is -0.390 e. The molecular formula is C13H29N3O. The molecule has 1 rings (SSSR count). The second-order valence-electron chi connectivity index (χ2n) is 6.45. The molecule has 2 N–H and O–H groups in total. The second kappa shape index (κ2) is 6.14. The van der Waals surface area contributed by atoms with Gasteiger partial charge in [0.15, 0.2) is 0 Å². The lowest BCUT2D eigenvalue weighted by atomic mass is 10.1. The van der Waals surface area contributed by atoms with Crippen LogP contribution in [-0.2, 0) is 0 Å². The van der Waals surface area contributed by atoms with Crippen LogP contribution in [0.25, 0.3) is 0 Å². The Bertz CT molecular complexity index is 225. The zero-order valence-electron chi connectivity index (χ0n) is 12.0. The minimum absolute atomic E-state index is 0.0815. The molecule has 0 saturated carbocycles. The van der Waals surface area contributed by atoms with E-state index in [9.17, 15) is 5.11 Å². The predicted octanol–water partition coefficient (Wildman–Crippen LogP) is 0.371. The molecule has 0 aliphatic carbocycles. The predicted molar refractivity (Wildman–Crippen MR) is 72.3 cm³/mol. The van der Waals surface area contributed by atoms with Gasteiger partial charge in [0.1, 0.15) is 0 Å². The fraction of sp³-hybridized carbons (Fsp3) is 1.00. The van der Waals surface area contributed by atoms with Crippen molar-refractivity contribution in [2.45, 2.75) is 44.9 Å². The second-order valence-corrected chi connectivity index (χ2v) is 6.45. The van der Waals surface area contributed by atoms with Crippen molar-refractivity contribution in [2.75, 3.05) is 40.3 Å². The first kappa shape index (κ1) is 14.9. The summed E-state index contributed by atoms with van der Waals surface area (Å²) in [7, 11) is 4.26. The van der Waals surface area contributed by atoms with E-state index in [1.165, 1.54) is 6.42 Å². The average molecular weight is 243 g/mol. The van der Waals surface area contributed by atoms with Crippen molar-refractivity contribution in [3.8, 4) is 0 Å². The Morgan fingerprint density at radius 2 is 2.06 bits per heavy atom. The smallest absolute Gasteiger partial charge is 0.0791 e. The van der Waals surface area contributed by atoms with Gasteiger partial charge in [0.05, 0.1) is 6.10 Å². The van der Waals surface area contributed by atoms with Crippen LogP contribution in [0.4, 0.5) is 0 Å². The lowest BCUT2D eigenvalue weighted by Gasteiger charge is -2.26. The van der Waals surface area contributed by atoms with E-state index >= 15 is 0 Å². The number of nitrogens with zero attached hydrogens (tertiary/aromatic N) is 2. The van der Waals surface area contributed by atoms with Gasteiger partial charge in [-0.1, -0.05) is 0 Å². The van der Waals surface area contributed by atoms with Gasteiger partial charge in [-0.25, -0.2) is 0 Å². The first-order valence-corrected chi connectivity index (χ1v) is 6.60. The van der Waals surface area contributed by atoms with Gasteiger partial charge in [-0.3, -0.25) is 4.90 Å². The highest BCUT2D eigenvalue weighted by Crippen LogP contribution is 2.13. The number of rotatable bonds is 5. The summed E-state index contributed by atoms with van der Waals surface area (Å²) in [6.45, 7) is 10.0. The maximum atomic E-state index is 9.98. The monoisotopic (exact) mass is 243 g/mol. The number of aliphatic hydroxyl groups is 1. The molecule has 0 bridgehead atoms. The lowest BCUT2D eigenvalue weighted by molar-refractivity contribution is 0.113. The summed E-state index contributed by atoms with van der Waals surface area (Å²) in [4.78, 5) is 4.64. The largest absolute Gasteiger partial charge is 0.390 e. The quantitative estimate of drug-likeness (QED) is 0.732. The molecule has 0 radical (unpaired) electrons. The summed E-state index contributed by atoms with van der Waals surface area (Å²) in [5.74, 6) is 0. The van der Waals surface area contributed by atoms with Crippen LogP contribution in [-0.4, -0.2) is 72.9 Å². The van der Waals surface area contributed by atoms with Crippen molar-refractivity contribution in [1.29, 1.82) is 0 Å². The summed E-state index contributed by atoms with van der Waals surface area (Å²) in [6, 6.07) is 0.651. The molecule has 1 aliphatic heterocycles. The van der Waals surface area contributed by atoms with Crippen LogP contribution in [0.2, 0.25) is 0 Å². The van der Waals surface area contributed by atoms with Crippen LogP contribution in [0, 0.1) is 0 Å². The van der Waals surface area contributed by atoms with Crippen molar-refractivity contribution < 1.29 is 5.11 Å². The van der Waals surface area contributed by atoms with Crippen LogP contribution >= 0.6 is 0 Å². The molecule has 1 aliphatic rings. The molecule has 0 aromatic rings. The zero-order valence-corrected chi connectivity index (χ0v) is 12.0.